The summed E-state index contributed by atoms with van der Waals surface area (Å²) in [6, 6.07) is 0. The lowest BCUT2D eigenvalue weighted by Crippen LogP contribution is -2.22. The van der Waals surface area contributed by atoms with Crippen LogP contribution in [0.2, 0.25) is 0 Å². The van der Waals surface area contributed by atoms with Crippen LogP contribution in [0, 0.1) is 5.92 Å². The Morgan fingerprint density at radius 2 is 2.22 bits per heavy atom. The van der Waals surface area contributed by atoms with Gasteiger partial charge in [0.15, 0.2) is 6.29 Å². The van der Waals surface area contributed by atoms with Gasteiger partial charge in [0.25, 0.3) is 0 Å². The fourth-order valence-corrected chi connectivity index (χ4v) is 2.23. The molecule has 0 aromatic carbocycles. The third kappa shape index (κ3) is 7.67. The third-order valence-electron chi connectivity index (χ3n) is 3.31. The molecule has 0 bridgehead atoms. The predicted octanol–water partition coefficient (Wildman–Crippen LogP) is 3.20. The number of hydrogen-bond acceptors (Lipinski definition) is 3. The highest BCUT2D eigenvalue weighted by molar-refractivity contribution is 5.66. The topological polar surface area (TPSA) is 55.8 Å². The maximum atomic E-state index is 10.5. The number of rotatable bonds is 9. The first-order valence-corrected chi connectivity index (χ1v) is 7.13. The van der Waals surface area contributed by atoms with Crippen molar-refractivity contribution in [1.82, 2.24) is 0 Å². The van der Waals surface area contributed by atoms with Gasteiger partial charge in [-0.2, -0.15) is 0 Å². The second-order valence-electron chi connectivity index (χ2n) is 5.22. The summed E-state index contributed by atoms with van der Waals surface area (Å²) in [7, 11) is 0. The molecule has 1 saturated heterocycles. The summed E-state index contributed by atoms with van der Waals surface area (Å²) in [5.41, 5.74) is 0. The van der Waals surface area contributed by atoms with E-state index in [0.717, 1.165) is 51.7 Å². The van der Waals surface area contributed by atoms with E-state index < -0.39 is 5.97 Å². The number of aliphatic carboxylic acids is 1. The molecule has 18 heavy (non-hydrogen) atoms. The molecule has 2 atom stereocenters. The molecule has 0 aromatic rings. The van der Waals surface area contributed by atoms with Crippen LogP contribution >= 0.6 is 0 Å². The number of carboxylic acids is 1. The van der Waals surface area contributed by atoms with Gasteiger partial charge in [0, 0.05) is 19.6 Å². The molecule has 0 spiro atoms. The van der Waals surface area contributed by atoms with Crippen LogP contribution < -0.4 is 0 Å². The summed E-state index contributed by atoms with van der Waals surface area (Å²) >= 11 is 0. The first-order valence-electron chi connectivity index (χ1n) is 7.13. The monoisotopic (exact) mass is 258 g/mol. The number of ether oxygens (including phenoxy) is 2. The molecule has 1 fully saturated rings. The average molecular weight is 258 g/mol. The molecule has 1 aliphatic heterocycles. The normalized spacial score (nSPS) is 21.7. The minimum absolute atomic E-state index is 0.0182. The summed E-state index contributed by atoms with van der Waals surface area (Å²) in [6.45, 7) is 3.59. The van der Waals surface area contributed by atoms with Crippen molar-refractivity contribution < 1.29 is 19.4 Å². The zero-order chi connectivity index (χ0) is 13.2. The summed E-state index contributed by atoms with van der Waals surface area (Å²) in [5, 5.41) is 8.63. The Morgan fingerprint density at radius 3 is 2.89 bits per heavy atom. The minimum Gasteiger partial charge on any atom is -0.481 e. The van der Waals surface area contributed by atoms with Gasteiger partial charge < -0.3 is 14.6 Å². The second kappa shape index (κ2) is 9.34. The molecule has 0 saturated carbocycles. The van der Waals surface area contributed by atoms with E-state index in [0.29, 0.717) is 0 Å². The Labute approximate surface area is 110 Å². The van der Waals surface area contributed by atoms with Crippen LogP contribution in [0.4, 0.5) is 0 Å². The molecule has 0 aromatic heterocycles. The molecular formula is C14H26O4. The van der Waals surface area contributed by atoms with E-state index >= 15 is 0 Å². The van der Waals surface area contributed by atoms with Crippen molar-refractivity contribution in [2.75, 3.05) is 13.2 Å². The van der Waals surface area contributed by atoms with Crippen LogP contribution in [-0.2, 0) is 14.3 Å². The fraction of sp³-hybridized carbons (Fsp3) is 0.929. The van der Waals surface area contributed by atoms with Gasteiger partial charge in [-0.15, -0.1) is 0 Å². The lowest BCUT2D eigenvalue weighted by molar-refractivity contribution is -0.162. The molecular weight excluding hydrogens is 232 g/mol. The van der Waals surface area contributed by atoms with Gasteiger partial charge in [0.1, 0.15) is 0 Å². The lowest BCUT2D eigenvalue weighted by Gasteiger charge is -2.22. The van der Waals surface area contributed by atoms with Crippen LogP contribution in [0.15, 0.2) is 0 Å². The summed E-state index contributed by atoms with van der Waals surface area (Å²) < 4.78 is 11.1. The van der Waals surface area contributed by atoms with Crippen LogP contribution in [0.1, 0.15) is 58.3 Å². The van der Waals surface area contributed by atoms with Crippen LogP contribution in [-0.4, -0.2) is 30.6 Å². The first-order chi connectivity index (χ1) is 8.68. The second-order valence-corrected chi connectivity index (χ2v) is 5.22. The zero-order valence-corrected chi connectivity index (χ0v) is 11.4. The fourth-order valence-electron chi connectivity index (χ4n) is 2.23. The highest BCUT2D eigenvalue weighted by atomic mass is 16.7. The maximum absolute atomic E-state index is 10.5. The average Bonchev–Trinajstić information content (AvgIpc) is 2.34. The van der Waals surface area contributed by atoms with Gasteiger partial charge in [-0.3, -0.25) is 4.79 Å². The minimum atomic E-state index is -0.694. The molecule has 0 radical (unpaired) electrons. The highest BCUT2D eigenvalue weighted by Gasteiger charge is 2.13. The first kappa shape index (κ1) is 15.4. The maximum Gasteiger partial charge on any atom is 0.303 e. The number of carbonyl (C=O) groups is 1. The van der Waals surface area contributed by atoms with Gasteiger partial charge in [-0.05, 0) is 31.6 Å². The van der Waals surface area contributed by atoms with Gasteiger partial charge >= 0.3 is 5.97 Å². The van der Waals surface area contributed by atoms with E-state index in [-0.39, 0.29) is 18.6 Å². The molecule has 1 N–H and O–H groups in total. The Balaban J connectivity index is 1.87. The van der Waals surface area contributed by atoms with Crippen LogP contribution in [0.25, 0.3) is 0 Å². The Morgan fingerprint density at radius 1 is 1.39 bits per heavy atom. The van der Waals surface area contributed by atoms with Crippen molar-refractivity contribution in [3.63, 3.8) is 0 Å². The Bertz CT molecular complexity index is 224. The molecule has 0 amide bonds. The van der Waals surface area contributed by atoms with Gasteiger partial charge in [0.2, 0.25) is 0 Å². The van der Waals surface area contributed by atoms with Crippen LogP contribution in [0.3, 0.4) is 0 Å². The molecule has 4 nitrogen and oxygen atoms in total. The van der Waals surface area contributed by atoms with Gasteiger partial charge in [0.05, 0.1) is 0 Å². The zero-order valence-electron chi connectivity index (χ0n) is 11.4. The van der Waals surface area contributed by atoms with E-state index in [9.17, 15) is 4.79 Å². The Hall–Kier alpha value is -0.610. The van der Waals surface area contributed by atoms with E-state index in [1.807, 2.05) is 6.92 Å². The number of unbranched alkanes of at least 4 members (excludes halogenated alkanes) is 2. The van der Waals surface area contributed by atoms with E-state index in [1.54, 1.807) is 0 Å². The van der Waals surface area contributed by atoms with Crippen molar-refractivity contribution in [1.29, 1.82) is 0 Å². The number of hydrogen-bond donors (Lipinski definition) is 1. The largest absolute Gasteiger partial charge is 0.481 e. The van der Waals surface area contributed by atoms with Crippen molar-refractivity contribution in [2.45, 2.75) is 64.6 Å². The SMILES string of the molecule is CC(CCCCCOC1CCCCO1)CC(=O)O. The Kier molecular flexibility index (Phi) is 8.01. The third-order valence-corrected chi connectivity index (χ3v) is 3.31. The van der Waals surface area contributed by atoms with Crippen LogP contribution in [0.5, 0.6) is 0 Å². The standard InChI is InChI=1S/C14H26O4/c1-12(11-13(15)16)7-3-2-5-9-17-14-8-4-6-10-18-14/h12,14H,2-11H2,1H3,(H,15,16). The molecule has 0 aliphatic carbocycles. The van der Waals surface area contributed by atoms with E-state index in [4.69, 9.17) is 14.6 Å². The van der Waals surface area contributed by atoms with E-state index in [1.165, 1.54) is 6.42 Å². The highest BCUT2D eigenvalue weighted by Crippen LogP contribution is 2.15. The summed E-state index contributed by atoms with van der Waals surface area (Å²) in [4.78, 5) is 10.5. The molecule has 4 heteroatoms. The van der Waals surface area contributed by atoms with Crippen molar-refractivity contribution >= 4 is 5.97 Å². The lowest BCUT2D eigenvalue weighted by atomic mass is 10.0. The van der Waals surface area contributed by atoms with E-state index in [2.05, 4.69) is 0 Å². The van der Waals surface area contributed by atoms with Crippen molar-refractivity contribution in [2.24, 2.45) is 5.92 Å². The number of carboxylic acid groups (broad SMARTS) is 1. The summed E-state index contributed by atoms with van der Waals surface area (Å²) in [6.07, 6.45) is 7.91. The smallest absolute Gasteiger partial charge is 0.303 e. The molecule has 2 unspecified atom stereocenters. The quantitative estimate of drug-likeness (QED) is 0.645. The predicted molar refractivity (Wildman–Crippen MR) is 69.4 cm³/mol. The molecule has 106 valence electrons. The molecule has 1 aliphatic rings. The molecule has 1 rings (SSSR count). The molecule has 1 heterocycles. The van der Waals surface area contributed by atoms with Crippen molar-refractivity contribution in [3.05, 3.63) is 0 Å². The summed E-state index contributed by atoms with van der Waals surface area (Å²) in [5.74, 6) is -0.412. The van der Waals surface area contributed by atoms with Gasteiger partial charge in [-0.1, -0.05) is 26.2 Å². The van der Waals surface area contributed by atoms with Gasteiger partial charge in [-0.25, -0.2) is 0 Å². The van der Waals surface area contributed by atoms with Crippen molar-refractivity contribution in [3.8, 4) is 0 Å².